The molecule has 19 heavy (non-hydrogen) atoms. The summed E-state index contributed by atoms with van der Waals surface area (Å²) in [7, 11) is 0. The van der Waals surface area contributed by atoms with Gasteiger partial charge >= 0.3 is 6.18 Å². The molecule has 104 valence electrons. The summed E-state index contributed by atoms with van der Waals surface area (Å²) in [6.45, 7) is 3.89. The van der Waals surface area contributed by atoms with E-state index in [0.29, 0.717) is 5.33 Å². The number of rotatable bonds is 4. The van der Waals surface area contributed by atoms with E-state index in [-0.39, 0.29) is 23.3 Å². The summed E-state index contributed by atoms with van der Waals surface area (Å²) >= 11 is 3.28. The molecule has 0 unspecified atom stereocenters. The Kier molecular flexibility index (Phi) is 4.86. The van der Waals surface area contributed by atoms with Gasteiger partial charge in [0.1, 0.15) is 5.75 Å². The van der Waals surface area contributed by atoms with Crippen LogP contribution < -0.4 is 4.74 Å². The number of hydrogen-bond donors (Lipinski definition) is 0. The molecule has 0 saturated carbocycles. The molecule has 0 amide bonds. The van der Waals surface area contributed by atoms with Crippen LogP contribution in [0.4, 0.5) is 13.2 Å². The lowest BCUT2D eigenvalue weighted by molar-refractivity contribution is -0.139. The van der Waals surface area contributed by atoms with Crippen LogP contribution in [0.25, 0.3) is 0 Å². The smallest absolute Gasteiger partial charge is 0.420 e. The van der Waals surface area contributed by atoms with E-state index in [9.17, 15) is 13.2 Å². The van der Waals surface area contributed by atoms with Crippen molar-refractivity contribution in [3.63, 3.8) is 0 Å². The van der Waals surface area contributed by atoms with Gasteiger partial charge in [0.15, 0.2) is 0 Å². The number of alkyl halides is 4. The minimum absolute atomic E-state index is 0.0422. The predicted molar refractivity (Wildman–Crippen MR) is 69.2 cm³/mol. The summed E-state index contributed by atoms with van der Waals surface area (Å²) in [5.41, 5.74) is -1.24. The Hall–Kier alpha value is -1.22. The van der Waals surface area contributed by atoms with Gasteiger partial charge in [-0.05, 0) is 18.2 Å². The molecule has 0 N–H and O–H groups in total. The average molecular weight is 336 g/mol. The zero-order chi connectivity index (χ0) is 14.7. The van der Waals surface area contributed by atoms with E-state index in [4.69, 9.17) is 10.00 Å². The van der Waals surface area contributed by atoms with Gasteiger partial charge in [0.05, 0.1) is 23.8 Å². The Morgan fingerprint density at radius 2 is 1.95 bits per heavy atom. The Bertz CT molecular complexity index is 492. The van der Waals surface area contributed by atoms with Crippen molar-refractivity contribution in [2.75, 3.05) is 11.9 Å². The number of benzene rings is 1. The van der Waals surface area contributed by atoms with Gasteiger partial charge in [-0.15, -0.1) is 0 Å². The number of nitriles is 1. The lowest BCUT2D eigenvalue weighted by atomic mass is 9.98. The molecular formula is C13H13BrF3NO. The Labute approximate surface area is 118 Å². The van der Waals surface area contributed by atoms with Gasteiger partial charge in [0.25, 0.3) is 0 Å². The molecule has 0 aliphatic carbocycles. The summed E-state index contributed by atoms with van der Waals surface area (Å²) in [6, 6.07) is 4.99. The summed E-state index contributed by atoms with van der Waals surface area (Å²) < 4.78 is 43.9. The van der Waals surface area contributed by atoms with Crippen LogP contribution in [0.3, 0.4) is 0 Å². The maximum atomic E-state index is 12.9. The predicted octanol–water partition coefficient (Wildman–Crippen LogP) is 4.38. The van der Waals surface area contributed by atoms with Crippen LogP contribution in [0.15, 0.2) is 18.2 Å². The van der Waals surface area contributed by atoms with Crippen molar-refractivity contribution in [2.24, 2.45) is 5.41 Å². The Morgan fingerprint density at radius 1 is 1.32 bits per heavy atom. The Morgan fingerprint density at radius 3 is 2.42 bits per heavy atom. The fourth-order valence-corrected chi connectivity index (χ4v) is 1.42. The molecule has 0 spiro atoms. The van der Waals surface area contributed by atoms with E-state index >= 15 is 0 Å². The minimum Gasteiger partial charge on any atom is -0.492 e. The van der Waals surface area contributed by atoms with E-state index in [2.05, 4.69) is 15.9 Å². The molecule has 0 aromatic heterocycles. The van der Waals surface area contributed by atoms with Crippen LogP contribution in [-0.2, 0) is 6.18 Å². The number of nitrogens with zero attached hydrogens (tertiary/aromatic N) is 1. The zero-order valence-electron chi connectivity index (χ0n) is 10.5. The molecule has 6 heteroatoms. The summed E-state index contributed by atoms with van der Waals surface area (Å²) in [5, 5.41) is 9.26. The normalized spacial score (nSPS) is 12.1. The van der Waals surface area contributed by atoms with Crippen LogP contribution >= 0.6 is 15.9 Å². The third-order valence-electron chi connectivity index (χ3n) is 2.39. The summed E-state index contributed by atoms with van der Waals surface area (Å²) in [5.74, 6) is -0.250. The van der Waals surface area contributed by atoms with Crippen LogP contribution in [0, 0.1) is 16.7 Å². The van der Waals surface area contributed by atoms with Gasteiger partial charge in [-0.25, -0.2) is 0 Å². The molecular weight excluding hydrogens is 323 g/mol. The first-order chi connectivity index (χ1) is 8.69. The van der Waals surface area contributed by atoms with Crippen molar-refractivity contribution >= 4 is 15.9 Å². The molecule has 0 fully saturated rings. The Balaban J connectivity index is 3.05. The highest BCUT2D eigenvalue weighted by atomic mass is 79.9. The van der Waals surface area contributed by atoms with Crippen LogP contribution in [-0.4, -0.2) is 11.9 Å². The van der Waals surface area contributed by atoms with Crippen LogP contribution in [0.1, 0.15) is 25.0 Å². The fourth-order valence-electron chi connectivity index (χ4n) is 1.26. The van der Waals surface area contributed by atoms with Gasteiger partial charge in [-0.2, -0.15) is 18.4 Å². The second kappa shape index (κ2) is 5.83. The highest BCUT2D eigenvalue weighted by molar-refractivity contribution is 9.09. The molecule has 2 nitrogen and oxygen atoms in total. The summed E-state index contributed by atoms with van der Waals surface area (Å²) in [4.78, 5) is 0. The van der Waals surface area contributed by atoms with E-state index in [1.165, 1.54) is 12.1 Å². The molecule has 0 aliphatic heterocycles. The monoisotopic (exact) mass is 335 g/mol. The third-order valence-corrected chi connectivity index (χ3v) is 3.91. The average Bonchev–Trinajstić information content (AvgIpc) is 2.35. The molecule has 0 aliphatic rings. The third kappa shape index (κ3) is 4.43. The number of ether oxygens (including phenoxy) is 1. The maximum Gasteiger partial charge on any atom is 0.420 e. The van der Waals surface area contributed by atoms with E-state index < -0.39 is 11.7 Å². The van der Waals surface area contributed by atoms with Crippen molar-refractivity contribution < 1.29 is 17.9 Å². The highest BCUT2D eigenvalue weighted by Gasteiger charge is 2.35. The van der Waals surface area contributed by atoms with Crippen LogP contribution in [0.5, 0.6) is 5.75 Å². The second-order valence-electron chi connectivity index (χ2n) is 4.91. The first-order valence-corrected chi connectivity index (χ1v) is 6.62. The number of halogens is 4. The first kappa shape index (κ1) is 15.8. The molecule has 0 heterocycles. The summed E-state index contributed by atoms with van der Waals surface area (Å²) in [6.07, 6.45) is -4.54. The molecule has 0 atom stereocenters. The van der Waals surface area contributed by atoms with E-state index in [1.54, 1.807) is 6.07 Å². The standard InChI is InChI=1S/C13H13BrF3NO/c1-12(2,7-14)8-19-11-4-3-9(6-18)5-10(11)13(15,16)17/h3-5H,7-8H2,1-2H3. The van der Waals surface area contributed by atoms with Crippen molar-refractivity contribution in [1.82, 2.24) is 0 Å². The van der Waals surface area contributed by atoms with E-state index in [1.807, 2.05) is 13.8 Å². The molecule has 0 bridgehead atoms. The topological polar surface area (TPSA) is 33.0 Å². The fraction of sp³-hybridized carbons (Fsp3) is 0.462. The van der Waals surface area contributed by atoms with Gasteiger partial charge in [0, 0.05) is 10.7 Å². The zero-order valence-corrected chi connectivity index (χ0v) is 12.1. The second-order valence-corrected chi connectivity index (χ2v) is 5.47. The lowest BCUT2D eigenvalue weighted by Crippen LogP contribution is -2.23. The van der Waals surface area contributed by atoms with Crippen molar-refractivity contribution in [1.29, 1.82) is 5.26 Å². The highest BCUT2D eigenvalue weighted by Crippen LogP contribution is 2.37. The largest absolute Gasteiger partial charge is 0.492 e. The molecule has 0 saturated heterocycles. The molecule has 1 aromatic rings. The van der Waals surface area contributed by atoms with Crippen molar-refractivity contribution in [3.8, 4) is 11.8 Å². The number of hydrogen-bond acceptors (Lipinski definition) is 2. The quantitative estimate of drug-likeness (QED) is 0.765. The van der Waals surface area contributed by atoms with Crippen molar-refractivity contribution in [3.05, 3.63) is 29.3 Å². The first-order valence-electron chi connectivity index (χ1n) is 5.50. The lowest BCUT2D eigenvalue weighted by Gasteiger charge is -2.23. The maximum absolute atomic E-state index is 12.9. The van der Waals surface area contributed by atoms with E-state index in [0.717, 1.165) is 6.07 Å². The molecule has 1 rings (SSSR count). The molecule has 1 aromatic carbocycles. The SMILES string of the molecule is CC(C)(CBr)COc1ccc(C#N)cc1C(F)(F)F. The van der Waals surface area contributed by atoms with Gasteiger partial charge < -0.3 is 4.74 Å². The molecule has 0 radical (unpaired) electrons. The van der Waals surface area contributed by atoms with Gasteiger partial charge in [-0.3, -0.25) is 0 Å². The van der Waals surface area contributed by atoms with Crippen LogP contribution in [0.2, 0.25) is 0 Å². The van der Waals surface area contributed by atoms with Gasteiger partial charge in [-0.1, -0.05) is 29.8 Å². The van der Waals surface area contributed by atoms with Gasteiger partial charge in [0.2, 0.25) is 0 Å². The minimum atomic E-state index is -4.54. The van der Waals surface area contributed by atoms with Crippen molar-refractivity contribution in [2.45, 2.75) is 20.0 Å².